The first-order valence-electron chi connectivity index (χ1n) is 8.52. The van der Waals surface area contributed by atoms with Gasteiger partial charge in [0.25, 0.3) is 5.91 Å². The molecule has 0 aliphatic rings. The highest BCUT2D eigenvalue weighted by Gasteiger charge is 2.18. The van der Waals surface area contributed by atoms with Gasteiger partial charge in [-0.25, -0.2) is 4.79 Å². The molecule has 28 heavy (non-hydrogen) atoms. The number of nitrogens with one attached hydrogen (secondary N) is 1. The van der Waals surface area contributed by atoms with Crippen LogP contribution < -0.4 is 14.8 Å². The van der Waals surface area contributed by atoms with Crippen molar-refractivity contribution in [2.75, 3.05) is 19.5 Å². The number of halogens is 1. The maximum atomic E-state index is 12.3. The van der Waals surface area contributed by atoms with Crippen LogP contribution in [0.4, 0.5) is 5.69 Å². The summed E-state index contributed by atoms with van der Waals surface area (Å²) in [6.45, 7) is 3.29. The summed E-state index contributed by atoms with van der Waals surface area (Å²) in [5.74, 6) is 0.0845. The first kappa shape index (κ1) is 21.3. The monoisotopic (exact) mass is 403 g/mol. The van der Waals surface area contributed by atoms with Crippen LogP contribution in [0, 0.1) is 6.92 Å². The Balaban J connectivity index is 1.99. The van der Waals surface area contributed by atoms with E-state index in [1.54, 1.807) is 56.5 Å². The van der Waals surface area contributed by atoms with Gasteiger partial charge in [-0.1, -0.05) is 17.7 Å². The lowest BCUT2D eigenvalue weighted by atomic mass is 10.1. The average Bonchev–Trinajstić information content (AvgIpc) is 2.69. The van der Waals surface area contributed by atoms with Crippen molar-refractivity contribution >= 4 is 35.2 Å². The third kappa shape index (κ3) is 5.50. The molecule has 1 atom stereocenters. The second kappa shape index (κ2) is 9.80. The minimum atomic E-state index is -0.978. The van der Waals surface area contributed by atoms with E-state index in [4.69, 9.17) is 25.8 Å². The van der Waals surface area contributed by atoms with Gasteiger partial charge >= 0.3 is 5.97 Å². The predicted molar refractivity (Wildman–Crippen MR) is 109 cm³/mol. The zero-order valence-corrected chi connectivity index (χ0v) is 16.9. The van der Waals surface area contributed by atoms with Crippen molar-refractivity contribution in [2.24, 2.45) is 0 Å². The third-order valence-electron chi connectivity index (χ3n) is 4.03. The molecule has 0 aliphatic heterocycles. The number of ether oxygens (including phenoxy) is 3. The molecule has 2 aromatic carbocycles. The summed E-state index contributed by atoms with van der Waals surface area (Å²) >= 11 is 6.04. The highest BCUT2D eigenvalue weighted by molar-refractivity contribution is 6.31. The van der Waals surface area contributed by atoms with E-state index in [1.807, 2.05) is 0 Å². The van der Waals surface area contributed by atoms with E-state index in [-0.39, 0.29) is 0 Å². The number of benzene rings is 2. The molecule has 6 nitrogen and oxygen atoms in total. The molecule has 0 aliphatic carbocycles. The number of hydrogen-bond donors (Lipinski definition) is 1. The zero-order chi connectivity index (χ0) is 20.7. The third-order valence-corrected chi connectivity index (χ3v) is 4.44. The maximum Gasteiger partial charge on any atom is 0.331 e. The van der Waals surface area contributed by atoms with Gasteiger partial charge in [0.1, 0.15) is 11.5 Å². The summed E-state index contributed by atoms with van der Waals surface area (Å²) in [5.41, 5.74) is 1.98. The van der Waals surface area contributed by atoms with Crippen molar-refractivity contribution in [2.45, 2.75) is 20.0 Å². The highest BCUT2D eigenvalue weighted by atomic mass is 35.5. The van der Waals surface area contributed by atoms with Gasteiger partial charge in [-0.05, 0) is 49.8 Å². The van der Waals surface area contributed by atoms with Gasteiger partial charge in [0, 0.05) is 28.4 Å². The molecule has 7 heteroatoms. The van der Waals surface area contributed by atoms with Crippen LogP contribution in [0.15, 0.2) is 42.5 Å². The molecule has 1 N–H and O–H groups in total. The molecular formula is C21H22ClNO5. The van der Waals surface area contributed by atoms with E-state index in [9.17, 15) is 9.59 Å². The molecule has 148 valence electrons. The summed E-state index contributed by atoms with van der Waals surface area (Å²) in [6, 6.07) is 10.4. The van der Waals surface area contributed by atoms with E-state index in [1.165, 1.54) is 20.1 Å². The van der Waals surface area contributed by atoms with E-state index in [0.29, 0.717) is 27.8 Å². The second-order valence-electron chi connectivity index (χ2n) is 5.92. The van der Waals surface area contributed by atoms with Crippen molar-refractivity contribution < 1.29 is 23.8 Å². The minimum Gasteiger partial charge on any atom is -0.497 e. The Labute approximate surface area is 169 Å². The Kier molecular flexibility index (Phi) is 7.46. The average molecular weight is 404 g/mol. The first-order chi connectivity index (χ1) is 13.3. The summed E-state index contributed by atoms with van der Waals surface area (Å²) in [6.07, 6.45) is 1.80. The Morgan fingerprint density at radius 1 is 1.14 bits per heavy atom. The second-order valence-corrected chi connectivity index (χ2v) is 6.33. The Hall–Kier alpha value is -2.99. The summed E-state index contributed by atoms with van der Waals surface area (Å²) < 4.78 is 15.6. The largest absolute Gasteiger partial charge is 0.497 e. The number of methoxy groups -OCH3 is 2. The van der Waals surface area contributed by atoms with Gasteiger partial charge in [0.2, 0.25) is 0 Å². The number of anilines is 1. The lowest BCUT2D eigenvalue weighted by Gasteiger charge is -2.14. The van der Waals surface area contributed by atoms with Crippen molar-refractivity contribution in [3.63, 3.8) is 0 Å². The number of rotatable bonds is 7. The van der Waals surface area contributed by atoms with Crippen LogP contribution >= 0.6 is 11.6 Å². The smallest absolute Gasteiger partial charge is 0.331 e. The van der Waals surface area contributed by atoms with Crippen LogP contribution in [0.25, 0.3) is 6.08 Å². The van der Waals surface area contributed by atoms with Gasteiger partial charge in [-0.2, -0.15) is 0 Å². The summed E-state index contributed by atoms with van der Waals surface area (Å²) in [4.78, 5) is 24.3. The molecule has 0 saturated carbocycles. The minimum absolute atomic E-state index is 0.450. The molecule has 2 aromatic rings. The molecule has 0 radical (unpaired) electrons. The van der Waals surface area contributed by atoms with Crippen molar-refractivity contribution in [1.29, 1.82) is 0 Å². The molecule has 0 spiro atoms. The Bertz CT molecular complexity index is 894. The van der Waals surface area contributed by atoms with Crippen LogP contribution in [0.2, 0.25) is 5.02 Å². The lowest BCUT2D eigenvalue weighted by Crippen LogP contribution is -2.29. The normalized spacial score (nSPS) is 11.8. The van der Waals surface area contributed by atoms with Gasteiger partial charge in [-0.15, -0.1) is 0 Å². The number of carbonyl (C=O) groups excluding carboxylic acids is 2. The Morgan fingerprint density at radius 2 is 1.89 bits per heavy atom. The Morgan fingerprint density at radius 3 is 2.57 bits per heavy atom. The van der Waals surface area contributed by atoms with Crippen LogP contribution in [0.5, 0.6) is 11.5 Å². The fourth-order valence-corrected chi connectivity index (χ4v) is 2.53. The first-order valence-corrected chi connectivity index (χ1v) is 8.90. The van der Waals surface area contributed by atoms with Crippen molar-refractivity contribution in [1.82, 2.24) is 0 Å². The van der Waals surface area contributed by atoms with Crippen LogP contribution in [-0.2, 0) is 14.3 Å². The quantitative estimate of drug-likeness (QED) is 0.552. The molecule has 0 aromatic heterocycles. The van der Waals surface area contributed by atoms with E-state index >= 15 is 0 Å². The molecule has 0 unspecified atom stereocenters. The molecule has 0 heterocycles. The summed E-state index contributed by atoms with van der Waals surface area (Å²) in [5, 5.41) is 3.24. The molecule has 0 bridgehead atoms. The number of esters is 1. The van der Waals surface area contributed by atoms with E-state index in [0.717, 1.165) is 5.56 Å². The van der Waals surface area contributed by atoms with Crippen LogP contribution in [-0.4, -0.2) is 32.2 Å². The molecule has 0 saturated heterocycles. The molecule has 1 amide bonds. The van der Waals surface area contributed by atoms with Crippen LogP contribution in [0.1, 0.15) is 18.1 Å². The molecule has 2 rings (SSSR count). The lowest BCUT2D eigenvalue weighted by molar-refractivity contribution is -0.148. The highest BCUT2D eigenvalue weighted by Crippen LogP contribution is 2.26. The van der Waals surface area contributed by atoms with E-state index < -0.39 is 18.0 Å². The maximum absolute atomic E-state index is 12.3. The number of carbonyl (C=O) groups is 2. The molecular weight excluding hydrogens is 382 g/mol. The van der Waals surface area contributed by atoms with Gasteiger partial charge in [-0.3, -0.25) is 4.79 Å². The summed E-state index contributed by atoms with van der Waals surface area (Å²) in [7, 11) is 3.08. The van der Waals surface area contributed by atoms with Gasteiger partial charge in [0.05, 0.1) is 14.2 Å². The SMILES string of the molecule is COc1ccc(/C=C/C(=O)O[C@@H](C)C(=O)Nc2cccc(Cl)c2C)c(OC)c1. The zero-order valence-electron chi connectivity index (χ0n) is 16.1. The van der Waals surface area contributed by atoms with Gasteiger partial charge in [0.15, 0.2) is 6.10 Å². The van der Waals surface area contributed by atoms with Crippen molar-refractivity contribution in [3.8, 4) is 11.5 Å². The van der Waals surface area contributed by atoms with Crippen LogP contribution in [0.3, 0.4) is 0 Å². The standard InChI is InChI=1S/C21H22ClNO5/c1-13-17(22)6-5-7-18(13)23-21(25)14(2)28-20(24)11-9-15-8-10-16(26-3)12-19(15)27-4/h5-12,14H,1-4H3,(H,23,25)/b11-9+/t14-/m0/s1. The van der Waals surface area contributed by atoms with Crippen molar-refractivity contribution in [3.05, 3.63) is 58.6 Å². The molecule has 0 fully saturated rings. The van der Waals surface area contributed by atoms with E-state index in [2.05, 4.69) is 5.32 Å². The fourth-order valence-electron chi connectivity index (χ4n) is 2.36. The predicted octanol–water partition coefficient (Wildman–Crippen LogP) is 4.25. The topological polar surface area (TPSA) is 73.9 Å². The van der Waals surface area contributed by atoms with Gasteiger partial charge < -0.3 is 19.5 Å². The fraction of sp³-hybridized carbons (Fsp3) is 0.238. The number of hydrogen-bond acceptors (Lipinski definition) is 5. The number of amides is 1.